The first kappa shape index (κ1) is 7.77. The second-order valence-corrected chi connectivity index (χ2v) is 3.81. The van der Waals surface area contributed by atoms with Crippen molar-refractivity contribution in [2.24, 2.45) is 0 Å². The zero-order valence-corrected chi connectivity index (χ0v) is 10.1. The fourth-order valence-corrected chi connectivity index (χ4v) is 1.79. The van der Waals surface area contributed by atoms with Crippen LogP contribution in [0.25, 0.3) is 10.9 Å². The number of aromatic nitrogens is 1. The molecule has 0 spiro atoms. The molecule has 0 aliphatic carbocycles. The summed E-state index contributed by atoms with van der Waals surface area (Å²) < 4.78 is 33.1. The molecule has 2 rings (SSSR count). The summed E-state index contributed by atoms with van der Waals surface area (Å²) in [5, 5.41) is 10.3. The third-order valence-corrected chi connectivity index (χ3v) is 2.80. The lowest BCUT2D eigenvalue weighted by molar-refractivity contribution is 0.308. The third-order valence-electron chi connectivity index (χ3n) is 2.80. The van der Waals surface area contributed by atoms with Gasteiger partial charge in [0.15, 0.2) is 0 Å². The molecular weight excluding hydrogens is 212 g/mol. The molecule has 0 aliphatic rings. The minimum Gasteiger partial charge on any atom is -0.507 e. The fourth-order valence-electron chi connectivity index (χ4n) is 1.79. The van der Waals surface area contributed by atoms with Crippen LogP contribution in [0, 0.1) is 0 Å². The summed E-state index contributed by atoms with van der Waals surface area (Å²) >= 11 is 0. The number of nitrogens with zero attached hydrogens (tertiary/aromatic N) is 1. The molecule has 0 amide bonds. The molecule has 2 aromatic rings. The summed E-state index contributed by atoms with van der Waals surface area (Å²) in [5.74, 6) is -0.0528. The van der Waals surface area contributed by atoms with E-state index in [9.17, 15) is 5.11 Å². The van der Waals surface area contributed by atoms with Gasteiger partial charge in [0.05, 0.1) is 0 Å². The molecule has 92 valence electrons. The lowest BCUT2D eigenvalue weighted by atomic mass is 10.1. The molecule has 0 bridgehead atoms. The molecule has 3 nitrogen and oxygen atoms in total. The highest BCUT2D eigenvalue weighted by Crippen LogP contribution is 2.27. The van der Waals surface area contributed by atoms with E-state index in [1.807, 2.05) is 0 Å². The van der Waals surface area contributed by atoms with E-state index in [2.05, 4.69) is 4.98 Å². The SMILES string of the molecule is [2H]C([2H])(c1c[nH]c2cccc(O)c12)C([2H])([2H])N(CC)CC. The van der Waals surface area contributed by atoms with E-state index in [1.54, 1.807) is 26.0 Å². The maximum absolute atomic E-state index is 10.0. The van der Waals surface area contributed by atoms with Gasteiger partial charge >= 0.3 is 0 Å². The first-order valence-electron chi connectivity index (χ1n) is 7.82. The van der Waals surface area contributed by atoms with Gasteiger partial charge in [-0.1, -0.05) is 19.9 Å². The molecule has 0 aliphatic heterocycles. The topological polar surface area (TPSA) is 39.3 Å². The second kappa shape index (κ2) is 5.23. The number of hydrogen-bond acceptors (Lipinski definition) is 2. The van der Waals surface area contributed by atoms with Crippen molar-refractivity contribution in [3.8, 4) is 5.75 Å². The van der Waals surface area contributed by atoms with Crippen molar-refractivity contribution in [3.05, 3.63) is 30.0 Å². The van der Waals surface area contributed by atoms with Crippen LogP contribution in [0.4, 0.5) is 0 Å². The van der Waals surface area contributed by atoms with Gasteiger partial charge in [-0.3, -0.25) is 0 Å². The Balaban J connectivity index is 2.61. The van der Waals surface area contributed by atoms with Gasteiger partial charge in [0.25, 0.3) is 0 Å². The van der Waals surface area contributed by atoms with Crippen molar-refractivity contribution in [2.45, 2.75) is 20.2 Å². The first-order chi connectivity index (χ1) is 9.77. The van der Waals surface area contributed by atoms with E-state index in [1.165, 1.54) is 17.2 Å². The maximum Gasteiger partial charge on any atom is 0.125 e. The van der Waals surface area contributed by atoms with E-state index in [0.717, 1.165) is 0 Å². The Labute approximate surface area is 108 Å². The predicted molar refractivity (Wildman–Crippen MR) is 71.5 cm³/mol. The van der Waals surface area contributed by atoms with Gasteiger partial charge in [-0.25, -0.2) is 0 Å². The molecule has 2 N–H and O–H groups in total. The van der Waals surface area contributed by atoms with Gasteiger partial charge in [-0.2, -0.15) is 0 Å². The van der Waals surface area contributed by atoms with Crippen LogP contribution in [-0.4, -0.2) is 34.6 Å². The Morgan fingerprint density at radius 3 is 2.82 bits per heavy atom. The van der Waals surface area contributed by atoms with Gasteiger partial charge in [0, 0.05) is 29.1 Å². The number of nitrogens with one attached hydrogen (secondary N) is 1. The first-order valence-corrected chi connectivity index (χ1v) is 5.82. The molecule has 0 saturated carbocycles. The molecular formula is C14H20N2O. The minimum atomic E-state index is -2.27. The molecule has 1 heterocycles. The number of likely N-dealkylation sites (N-methyl/N-ethyl adjacent to an activating group) is 1. The molecule has 0 saturated heterocycles. The standard InChI is InChI=1S/C14H20N2O/c1-3-16(4-2)9-8-11-10-15-12-6-5-7-13(17)14(11)12/h5-7,10,15,17H,3-4,8-9H2,1-2H3/i8D2,9D2. The smallest absolute Gasteiger partial charge is 0.125 e. The summed E-state index contributed by atoms with van der Waals surface area (Å²) in [7, 11) is 0. The zero-order valence-electron chi connectivity index (χ0n) is 14.1. The van der Waals surface area contributed by atoms with Crippen LogP contribution < -0.4 is 0 Å². The average Bonchev–Trinajstić information content (AvgIpc) is 2.85. The number of aromatic amines is 1. The van der Waals surface area contributed by atoms with E-state index in [-0.39, 0.29) is 11.3 Å². The Bertz CT molecular complexity index is 635. The molecule has 1 aromatic carbocycles. The predicted octanol–water partition coefficient (Wildman–Crippen LogP) is 2.76. The summed E-state index contributed by atoms with van der Waals surface area (Å²) in [6.45, 7) is 2.21. The van der Waals surface area contributed by atoms with Crippen LogP contribution in [0.1, 0.15) is 24.9 Å². The molecule has 3 heteroatoms. The third kappa shape index (κ3) is 2.44. The van der Waals surface area contributed by atoms with Crippen LogP contribution in [0.2, 0.25) is 0 Å². The van der Waals surface area contributed by atoms with Crippen LogP contribution in [0.3, 0.4) is 0 Å². The molecule has 0 fully saturated rings. The number of benzene rings is 1. The number of fused-ring (bicyclic) bond motifs is 1. The Hall–Kier alpha value is -1.48. The molecule has 17 heavy (non-hydrogen) atoms. The number of aryl methyl sites for hydroxylation is 1. The largest absolute Gasteiger partial charge is 0.507 e. The van der Waals surface area contributed by atoms with Crippen LogP contribution in [0.15, 0.2) is 24.4 Å². The van der Waals surface area contributed by atoms with Crippen LogP contribution in [0.5, 0.6) is 5.75 Å². The Morgan fingerprint density at radius 2 is 2.12 bits per heavy atom. The number of aromatic hydroxyl groups is 1. The van der Waals surface area contributed by atoms with Crippen LogP contribution in [-0.2, 0) is 6.37 Å². The molecule has 0 radical (unpaired) electrons. The molecule has 0 atom stereocenters. The number of hydrogen-bond donors (Lipinski definition) is 2. The molecule has 0 unspecified atom stereocenters. The fraction of sp³-hybridized carbons (Fsp3) is 0.429. The van der Waals surface area contributed by atoms with Gasteiger partial charge in [-0.15, -0.1) is 0 Å². The lowest BCUT2D eigenvalue weighted by Crippen LogP contribution is -2.25. The normalized spacial score (nSPS) is 16.6. The summed E-state index contributed by atoms with van der Waals surface area (Å²) in [4.78, 5) is 4.33. The van der Waals surface area contributed by atoms with E-state index < -0.39 is 12.9 Å². The van der Waals surface area contributed by atoms with Crippen molar-refractivity contribution in [1.82, 2.24) is 9.88 Å². The summed E-state index contributed by atoms with van der Waals surface area (Å²) in [6.07, 6.45) is -0.832. The average molecular weight is 236 g/mol. The summed E-state index contributed by atoms with van der Waals surface area (Å²) in [5.41, 5.74) is 0.719. The van der Waals surface area contributed by atoms with E-state index >= 15 is 0 Å². The maximum atomic E-state index is 10.0. The minimum absolute atomic E-state index is 0.0528. The number of phenolic OH excluding ortho intramolecular Hbond substituents is 1. The van der Waals surface area contributed by atoms with Crippen molar-refractivity contribution >= 4 is 10.9 Å². The monoisotopic (exact) mass is 236 g/mol. The lowest BCUT2D eigenvalue weighted by Gasteiger charge is -2.17. The van der Waals surface area contributed by atoms with Crippen molar-refractivity contribution in [2.75, 3.05) is 19.6 Å². The highest BCUT2D eigenvalue weighted by molar-refractivity contribution is 5.88. The second-order valence-electron chi connectivity index (χ2n) is 3.81. The van der Waals surface area contributed by atoms with Crippen molar-refractivity contribution < 1.29 is 10.6 Å². The van der Waals surface area contributed by atoms with Gasteiger partial charge in [-0.05, 0) is 37.2 Å². The van der Waals surface area contributed by atoms with E-state index in [4.69, 9.17) is 5.48 Å². The van der Waals surface area contributed by atoms with E-state index in [0.29, 0.717) is 24.0 Å². The van der Waals surface area contributed by atoms with Gasteiger partial charge < -0.3 is 15.0 Å². The molecule has 1 aromatic heterocycles. The summed E-state index contributed by atoms with van der Waals surface area (Å²) in [6, 6.07) is 4.86. The highest BCUT2D eigenvalue weighted by Gasteiger charge is 2.08. The number of phenols is 1. The quantitative estimate of drug-likeness (QED) is 0.838. The van der Waals surface area contributed by atoms with Gasteiger partial charge in [0.2, 0.25) is 0 Å². The zero-order chi connectivity index (χ0) is 15.8. The highest BCUT2D eigenvalue weighted by atomic mass is 16.3. The van der Waals surface area contributed by atoms with Gasteiger partial charge in [0.1, 0.15) is 5.75 Å². The Kier molecular flexibility index (Phi) is 2.39. The Morgan fingerprint density at radius 1 is 1.35 bits per heavy atom. The number of H-pyrrole nitrogens is 1. The van der Waals surface area contributed by atoms with Crippen molar-refractivity contribution in [3.63, 3.8) is 0 Å². The number of rotatable bonds is 5. The van der Waals surface area contributed by atoms with Crippen molar-refractivity contribution in [1.29, 1.82) is 0 Å². The van der Waals surface area contributed by atoms with Crippen LogP contribution >= 0.6 is 0 Å².